The SMILES string of the molecule is CC(=O)O[C@@]12CO[C@@H]1C[C@H](C)[C@@]1(C)C(=O)[C@H](O)C3=C(C)[C@@H](OC(=O)[C@H](O)[C@@H](NC(=O)OC(C)(C)C)c4ccccc4)C[C@@](O)([C@@H](OCc4ccccc4)C12)C3(C)C. The van der Waals surface area contributed by atoms with Crippen LogP contribution in [0, 0.1) is 22.7 Å². The Hall–Kier alpha value is -4.14. The number of carbonyl (C=O) groups excluding carboxylic acids is 4. The van der Waals surface area contributed by atoms with E-state index in [2.05, 4.69) is 5.32 Å². The summed E-state index contributed by atoms with van der Waals surface area (Å²) in [5.74, 6) is -3.73. The number of esters is 2. The second-order valence-electron chi connectivity index (χ2n) is 18.0. The first-order chi connectivity index (χ1) is 26.6. The molecule has 4 N–H and O–H groups in total. The van der Waals surface area contributed by atoms with Crippen molar-refractivity contribution in [3.63, 3.8) is 0 Å². The number of benzene rings is 2. The number of fused-ring (bicyclic) bond motifs is 5. The number of aliphatic hydroxyl groups is 3. The number of amides is 1. The van der Waals surface area contributed by atoms with Crippen LogP contribution in [0.1, 0.15) is 92.3 Å². The van der Waals surface area contributed by atoms with E-state index in [1.807, 2.05) is 37.3 Å². The molecule has 2 aromatic rings. The molecule has 3 fully saturated rings. The normalized spacial score (nSPS) is 34.2. The van der Waals surface area contributed by atoms with Gasteiger partial charge in [0.2, 0.25) is 0 Å². The molecular formula is C44H57NO12. The van der Waals surface area contributed by atoms with E-state index in [4.69, 9.17) is 23.7 Å². The molecule has 11 atom stereocenters. The first-order valence-corrected chi connectivity index (χ1v) is 19.6. The average Bonchev–Trinajstić information content (AvgIpc) is 3.13. The maximum absolute atomic E-state index is 15.1. The van der Waals surface area contributed by atoms with Gasteiger partial charge in [-0.1, -0.05) is 88.4 Å². The molecule has 57 heavy (non-hydrogen) atoms. The minimum absolute atomic E-state index is 0.000431. The van der Waals surface area contributed by atoms with Crippen LogP contribution in [-0.2, 0) is 44.7 Å². The summed E-state index contributed by atoms with van der Waals surface area (Å²) in [6, 6.07) is 16.4. The third-order valence-electron chi connectivity index (χ3n) is 13.1. The van der Waals surface area contributed by atoms with Crippen LogP contribution < -0.4 is 5.32 Å². The van der Waals surface area contributed by atoms with E-state index in [9.17, 15) is 29.7 Å². The number of Topliss-reactive ketones (excluding diaryl/α,β-unsaturated/α-hetero) is 1. The minimum atomic E-state index is -2.00. The standard InChI is InChI=1S/C44H57NO12/c1-24-20-30-43(23-54-30,56-26(3)46)35-37(53-22-27-16-12-10-13-17-27)44(52)21-29(25(2)31(41(44,7)8)33(47)36(49)42(24,35)9)55-38(50)34(48)32(28-18-14-11-15-19-28)45-39(51)57-40(4,5)6/h10-19,24,29-30,32-35,37,47-48,52H,20-23H2,1-9H3,(H,45,51)/t24-,29-,30+,32-,33+,34+,35?,37-,42+,43-,44+/m0/s1. The third-order valence-corrected chi connectivity index (χ3v) is 13.1. The highest BCUT2D eigenvalue weighted by Crippen LogP contribution is 2.65. The molecule has 2 saturated carbocycles. The van der Waals surface area contributed by atoms with E-state index in [1.165, 1.54) is 6.92 Å². The highest BCUT2D eigenvalue weighted by atomic mass is 16.6. The summed E-state index contributed by atoms with van der Waals surface area (Å²) in [7, 11) is 0. The molecule has 2 aromatic carbocycles. The summed E-state index contributed by atoms with van der Waals surface area (Å²) in [4.78, 5) is 55.1. The summed E-state index contributed by atoms with van der Waals surface area (Å²) < 4.78 is 30.6. The molecule has 3 aliphatic carbocycles. The molecule has 1 aliphatic heterocycles. The maximum atomic E-state index is 15.1. The monoisotopic (exact) mass is 791 g/mol. The number of hydrogen-bond acceptors (Lipinski definition) is 12. The fraction of sp³-hybridized carbons (Fsp3) is 0.591. The van der Waals surface area contributed by atoms with Gasteiger partial charge in [-0.15, -0.1) is 0 Å². The Morgan fingerprint density at radius 1 is 1.02 bits per heavy atom. The van der Waals surface area contributed by atoms with Crippen molar-refractivity contribution in [3.05, 3.63) is 82.9 Å². The van der Waals surface area contributed by atoms with Gasteiger partial charge in [0.15, 0.2) is 17.5 Å². The zero-order valence-electron chi connectivity index (χ0n) is 34.2. The van der Waals surface area contributed by atoms with E-state index in [-0.39, 0.29) is 25.2 Å². The van der Waals surface area contributed by atoms with Crippen molar-refractivity contribution >= 4 is 23.8 Å². The van der Waals surface area contributed by atoms with E-state index >= 15 is 4.79 Å². The Balaban J connectivity index is 1.46. The molecule has 4 aliphatic rings. The Kier molecular flexibility index (Phi) is 11.3. The van der Waals surface area contributed by atoms with Gasteiger partial charge in [0.25, 0.3) is 0 Å². The zero-order valence-corrected chi connectivity index (χ0v) is 34.2. The lowest BCUT2D eigenvalue weighted by Crippen LogP contribution is -2.80. The summed E-state index contributed by atoms with van der Waals surface area (Å²) >= 11 is 0. The van der Waals surface area contributed by atoms with E-state index < -0.39 is 99.8 Å². The average molecular weight is 792 g/mol. The molecule has 0 radical (unpaired) electrons. The number of ether oxygens (including phenoxy) is 5. The Morgan fingerprint density at radius 2 is 1.63 bits per heavy atom. The quantitative estimate of drug-likeness (QED) is 0.153. The third kappa shape index (κ3) is 7.30. The number of alkyl carbamates (subject to hydrolysis) is 1. The van der Waals surface area contributed by atoms with Crippen LogP contribution in [0.4, 0.5) is 4.79 Å². The molecule has 310 valence electrons. The van der Waals surface area contributed by atoms with Gasteiger partial charge in [0.1, 0.15) is 29.5 Å². The lowest BCUT2D eigenvalue weighted by molar-refractivity contribution is -0.346. The van der Waals surface area contributed by atoms with Crippen LogP contribution in [-0.4, -0.2) is 93.1 Å². The maximum Gasteiger partial charge on any atom is 0.408 e. The molecule has 1 amide bonds. The highest BCUT2D eigenvalue weighted by molar-refractivity contribution is 5.93. The smallest absolute Gasteiger partial charge is 0.408 e. The first kappa shape index (κ1) is 42.5. The van der Waals surface area contributed by atoms with Gasteiger partial charge < -0.3 is 44.3 Å². The summed E-state index contributed by atoms with van der Waals surface area (Å²) in [5, 5.41) is 40.1. The topological polar surface area (TPSA) is 187 Å². The number of rotatable bonds is 9. The Bertz CT molecular complexity index is 1890. The van der Waals surface area contributed by atoms with Crippen LogP contribution in [0.15, 0.2) is 71.8 Å². The molecule has 13 heteroatoms. The van der Waals surface area contributed by atoms with Crippen molar-refractivity contribution in [2.24, 2.45) is 22.7 Å². The van der Waals surface area contributed by atoms with Gasteiger partial charge in [-0.3, -0.25) is 9.59 Å². The van der Waals surface area contributed by atoms with Gasteiger partial charge in [-0.05, 0) is 62.3 Å². The Labute approximate surface area is 334 Å². The molecule has 0 spiro atoms. The summed E-state index contributed by atoms with van der Waals surface area (Å²) in [6.07, 6.45) is -7.69. The van der Waals surface area contributed by atoms with Crippen molar-refractivity contribution in [1.29, 1.82) is 0 Å². The molecule has 13 nitrogen and oxygen atoms in total. The Morgan fingerprint density at radius 3 is 2.19 bits per heavy atom. The number of carbonyl (C=O) groups is 4. The van der Waals surface area contributed by atoms with E-state index in [1.54, 1.807) is 78.8 Å². The van der Waals surface area contributed by atoms with Crippen LogP contribution in [0.5, 0.6) is 0 Å². The number of nitrogens with one attached hydrogen (secondary N) is 1. The van der Waals surface area contributed by atoms with Crippen molar-refractivity contribution in [1.82, 2.24) is 5.32 Å². The van der Waals surface area contributed by atoms with E-state index in [0.29, 0.717) is 17.6 Å². The van der Waals surface area contributed by atoms with Gasteiger partial charge in [0, 0.05) is 30.1 Å². The first-order valence-electron chi connectivity index (χ1n) is 19.6. The molecule has 0 aromatic heterocycles. The lowest BCUT2D eigenvalue weighted by atomic mass is 9.43. The van der Waals surface area contributed by atoms with Gasteiger partial charge in [-0.25, -0.2) is 9.59 Å². The largest absolute Gasteiger partial charge is 0.456 e. The molecule has 1 saturated heterocycles. The second kappa shape index (κ2) is 15.2. The van der Waals surface area contributed by atoms with Crippen LogP contribution in [0.3, 0.4) is 0 Å². The summed E-state index contributed by atoms with van der Waals surface area (Å²) in [5.41, 5.74) is -5.40. The number of hydrogen-bond donors (Lipinski definition) is 4. The molecule has 1 unspecified atom stereocenters. The molecule has 1 heterocycles. The molecule has 2 bridgehead atoms. The fourth-order valence-electron chi connectivity index (χ4n) is 9.93. The predicted octanol–water partition coefficient (Wildman–Crippen LogP) is 4.89. The molecular weight excluding hydrogens is 734 g/mol. The van der Waals surface area contributed by atoms with Crippen molar-refractivity contribution < 1.29 is 58.2 Å². The molecule has 6 rings (SSSR count). The number of aliphatic hydroxyl groups excluding tert-OH is 2. The second-order valence-corrected chi connectivity index (χ2v) is 18.0. The van der Waals surface area contributed by atoms with E-state index in [0.717, 1.165) is 5.56 Å². The summed E-state index contributed by atoms with van der Waals surface area (Å²) in [6.45, 7) is 15.0. The van der Waals surface area contributed by atoms with Crippen molar-refractivity contribution in [2.45, 2.75) is 135 Å². The zero-order chi connectivity index (χ0) is 41.9. The lowest BCUT2D eigenvalue weighted by Gasteiger charge is -2.68. The van der Waals surface area contributed by atoms with Crippen LogP contribution in [0.2, 0.25) is 0 Å². The van der Waals surface area contributed by atoms with Crippen molar-refractivity contribution in [2.75, 3.05) is 6.61 Å². The van der Waals surface area contributed by atoms with Crippen LogP contribution >= 0.6 is 0 Å². The highest BCUT2D eigenvalue weighted by Gasteiger charge is 2.76. The predicted molar refractivity (Wildman–Crippen MR) is 206 cm³/mol. The van der Waals surface area contributed by atoms with Gasteiger partial charge >= 0.3 is 18.0 Å². The van der Waals surface area contributed by atoms with Crippen molar-refractivity contribution in [3.8, 4) is 0 Å². The van der Waals surface area contributed by atoms with Crippen LogP contribution in [0.25, 0.3) is 0 Å². The van der Waals surface area contributed by atoms with Gasteiger partial charge in [-0.2, -0.15) is 0 Å². The fourth-order valence-corrected chi connectivity index (χ4v) is 9.93. The number of ketones is 1. The van der Waals surface area contributed by atoms with Gasteiger partial charge in [0.05, 0.1) is 25.4 Å². The minimum Gasteiger partial charge on any atom is -0.456 e.